The molecule has 1 atom stereocenters. The second-order valence-corrected chi connectivity index (χ2v) is 7.85. The Labute approximate surface area is 165 Å². The van der Waals surface area contributed by atoms with Crippen LogP contribution in [0.2, 0.25) is 0 Å². The maximum atomic E-state index is 11.7. The molecule has 1 aromatic carbocycles. The van der Waals surface area contributed by atoms with Crippen LogP contribution < -0.4 is 5.32 Å². The van der Waals surface area contributed by atoms with E-state index in [0.29, 0.717) is 31.2 Å². The molecule has 150 valence electrons. The van der Waals surface area contributed by atoms with Crippen LogP contribution in [0, 0.1) is 5.92 Å². The molecule has 2 heterocycles. The van der Waals surface area contributed by atoms with Gasteiger partial charge >= 0.3 is 6.09 Å². The van der Waals surface area contributed by atoms with Crippen molar-refractivity contribution in [2.75, 3.05) is 20.1 Å². The summed E-state index contributed by atoms with van der Waals surface area (Å²) in [4.78, 5) is 28.9. The Morgan fingerprint density at radius 2 is 2.14 bits per heavy atom. The average Bonchev–Trinajstić information content (AvgIpc) is 3.03. The zero-order valence-corrected chi connectivity index (χ0v) is 16.7. The number of imidazole rings is 1. The molecule has 0 bridgehead atoms. The van der Waals surface area contributed by atoms with Gasteiger partial charge in [0.05, 0.1) is 6.33 Å². The summed E-state index contributed by atoms with van der Waals surface area (Å²) in [5, 5.41) is 12.1. The highest BCUT2D eigenvalue weighted by Crippen LogP contribution is 2.31. The molecule has 0 fully saturated rings. The van der Waals surface area contributed by atoms with Gasteiger partial charge in [-0.25, -0.2) is 9.78 Å². The lowest BCUT2D eigenvalue weighted by molar-refractivity contribution is 0.0958. The Hall–Kier alpha value is -2.83. The molecule has 0 saturated carbocycles. The number of nitrogens with one attached hydrogen (secondary N) is 1. The van der Waals surface area contributed by atoms with E-state index in [1.165, 1.54) is 16.0 Å². The van der Waals surface area contributed by atoms with Crippen molar-refractivity contribution in [1.82, 2.24) is 19.8 Å². The van der Waals surface area contributed by atoms with E-state index in [-0.39, 0.29) is 11.8 Å². The molecule has 2 aromatic rings. The standard InChI is InChI=1S/C21H28N4O3/c1-14(2)8-17-11-25(21(27)28)7-6-16-9-15(4-5-18(16)17)10-24-12-19(23-13-24)20(26)22-3/h4-5,9,12-14,17H,6-8,10-11H2,1-3H3,(H,22,26)(H,27,28). The molecular formula is C21H28N4O3. The van der Waals surface area contributed by atoms with Crippen LogP contribution in [0.15, 0.2) is 30.7 Å². The number of benzene rings is 1. The van der Waals surface area contributed by atoms with Gasteiger partial charge in [-0.3, -0.25) is 4.79 Å². The second kappa shape index (κ2) is 8.46. The highest BCUT2D eigenvalue weighted by molar-refractivity contribution is 5.91. The third-order valence-electron chi connectivity index (χ3n) is 5.22. The largest absolute Gasteiger partial charge is 0.465 e. The maximum Gasteiger partial charge on any atom is 0.407 e. The lowest BCUT2D eigenvalue weighted by Crippen LogP contribution is -2.33. The van der Waals surface area contributed by atoms with Crippen LogP contribution in [-0.2, 0) is 13.0 Å². The SMILES string of the molecule is CNC(=O)c1cn(Cc2ccc3c(c2)CCN(C(=O)O)CC3CC(C)C)cn1. The Balaban J connectivity index is 1.83. The fourth-order valence-corrected chi connectivity index (χ4v) is 3.93. The van der Waals surface area contributed by atoms with Gasteiger partial charge in [-0.05, 0) is 35.4 Å². The van der Waals surface area contributed by atoms with Crippen LogP contribution in [0.25, 0.3) is 0 Å². The summed E-state index contributed by atoms with van der Waals surface area (Å²) in [6.07, 6.45) is 4.23. The summed E-state index contributed by atoms with van der Waals surface area (Å²) in [7, 11) is 1.59. The van der Waals surface area contributed by atoms with Crippen molar-refractivity contribution in [3.63, 3.8) is 0 Å². The van der Waals surface area contributed by atoms with Crippen molar-refractivity contribution in [3.8, 4) is 0 Å². The highest BCUT2D eigenvalue weighted by atomic mass is 16.4. The average molecular weight is 384 g/mol. The fourth-order valence-electron chi connectivity index (χ4n) is 3.93. The lowest BCUT2D eigenvalue weighted by Gasteiger charge is -2.24. The monoisotopic (exact) mass is 384 g/mol. The molecule has 1 aromatic heterocycles. The third kappa shape index (κ3) is 4.52. The van der Waals surface area contributed by atoms with Crippen LogP contribution in [0.5, 0.6) is 0 Å². The van der Waals surface area contributed by atoms with E-state index < -0.39 is 6.09 Å². The number of carboxylic acid groups (broad SMARTS) is 1. The molecule has 2 N–H and O–H groups in total. The van der Waals surface area contributed by atoms with E-state index in [4.69, 9.17) is 0 Å². The zero-order chi connectivity index (χ0) is 20.3. The zero-order valence-electron chi connectivity index (χ0n) is 16.7. The molecule has 2 amide bonds. The summed E-state index contributed by atoms with van der Waals surface area (Å²) < 4.78 is 1.89. The van der Waals surface area contributed by atoms with Gasteiger partial charge in [0.2, 0.25) is 0 Å². The molecule has 0 radical (unpaired) electrons. The van der Waals surface area contributed by atoms with E-state index in [1.807, 2.05) is 4.57 Å². The van der Waals surface area contributed by atoms with Crippen LogP contribution in [0.4, 0.5) is 4.79 Å². The van der Waals surface area contributed by atoms with E-state index in [1.54, 1.807) is 19.6 Å². The number of aromatic nitrogens is 2. The summed E-state index contributed by atoms with van der Waals surface area (Å²) in [5.74, 6) is 0.516. The Morgan fingerprint density at radius 3 is 2.82 bits per heavy atom. The quantitative estimate of drug-likeness (QED) is 0.830. The van der Waals surface area contributed by atoms with E-state index >= 15 is 0 Å². The second-order valence-electron chi connectivity index (χ2n) is 7.85. The number of rotatable bonds is 5. The molecule has 28 heavy (non-hydrogen) atoms. The van der Waals surface area contributed by atoms with Crippen LogP contribution in [0.3, 0.4) is 0 Å². The third-order valence-corrected chi connectivity index (χ3v) is 5.22. The number of amides is 2. The van der Waals surface area contributed by atoms with Gasteiger partial charge in [0.1, 0.15) is 5.69 Å². The first-order valence-electron chi connectivity index (χ1n) is 9.70. The van der Waals surface area contributed by atoms with Gasteiger partial charge in [0.15, 0.2) is 0 Å². The first-order chi connectivity index (χ1) is 13.4. The fraction of sp³-hybridized carbons (Fsp3) is 0.476. The van der Waals surface area contributed by atoms with Gasteiger partial charge in [-0.15, -0.1) is 0 Å². The smallest absolute Gasteiger partial charge is 0.407 e. The molecule has 0 aliphatic carbocycles. The molecular weight excluding hydrogens is 356 g/mol. The van der Waals surface area contributed by atoms with Gasteiger partial charge in [-0.2, -0.15) is 0 Å². The lowest BCUT2D eigenvalue weighted by atomic mass is 9.86. The van der Waals surface area contributed by atoms with E-state index in [2.05, 4.69) is 42.3 Å². The molecule has 1 aliphatic rings. The van der Waals surface area contributed by atoms with Crippen molar-refractivity contribution in [1.29, 1.82) is 0 Å². The summed E-state index contributed by atoms with van der Waals surface area (Å²) in [5.41, 5.74) is 3.99. The normalized spacial score (nSPS) is 16.6. The van der Waals surface area contributed by atoms with Crippen LogP contribution in [0.1, 0.15) is 53.4 Å². The van der Waals surface area contributed by atoms with Gasteiger partial charge in [0.25, 0.3) is 5.91 Å². The van der Waals surface area contributed by atoms with Crippen molar-refractivity contribution in [2.24, 2.45) is 5.92 Å². The van der Waals surface area contributed by atoms with E-state index in [0.717, 1.165) is 18.4 Å². The number of hydrogen-bond donors (Lipinski definition) is 2. The number of fused-ring (bicyclic) bond motifs is 1. The first-order valence-corrected chi connectivity index (χ1v) is 9.70. The summed E-state index contributed by atoms with van der Waals surface area (Å²) >= 11 is 0. The first kappa shape index (κ1) is 19.9. The van der Waals surface area contributed by atoms with E-state index in [9.17, 15) is 14.7 Å². The topological polar surface area (TPSA) is 87.5 Å². The summed E-state index contributed by atoms with van der Waals surface area (Å²) in [6, 6.07) is 6.43. The minimum atomic E-state index is -0.845. The van der Waals surface area contributed by atoms with Crippen molar-refractivity contribution < 1.29 is 14.7 Å². The molecule has 0 saturated heterocycles. The minimum Gasteiger partial charge on any atom is -0.465 e. The maximum absolute atomic E-state index is 11.7. The number of carbonyl (C=O) groups is 2. The molecule has 3 rings (SSSR count). The predicted molar refractivity (Wildman–Crippen MR) is 107 cm³/mol. The van der Waals surface area contributed by atoms with Crippen LogP contribution in [-0.4, -0.2) is 51.7 Å². The molecule has 1 unspecified atom stereocenters. The van der Waals surface area contributed by atoms with Crippen LogP contribution >= 0.6 is 0 Å². The number of hydrogen-bond acceptors (Lipinski definition) is 3. The molecule has 7 heteroatoms. The van der Waals surface area contributed by atoms with Crippen molar-refractivity contribution >= 4 is 12.0 Å². The predicted octanol–water partition coefficient (Wildman–Crippen LogP) is 2.96. The van der Waals surface area contributed by atoms with Gasteiger partial charge < -0.3 is 19.9 Å². The minimum absolute atomic E-state index is 0.203. The Bertz CT molecular complexity index is 859. The number of nitrogens with zero attached hydrogens (tertiary/aromatic N) is 3. The molecule has 0 spiro atoms. The van der Waals surface area contributed by atoms with Gasteiger partial charge in [-0.1, -0.05) is 32.0 Å². The highest BCUT2D eigenvalue weighted by Gasteiger charge is 2.26. The van der Waals surface area contributed by atoms with Crippen molar-refractivity contribution in [2.45, 2.75) is 39.2 Å². The van der Waals surface area contributed by atoms with Crippen molar-refractivity contribution in [3.05, 3.63) is 53.1 Å². The molecule has 7 nitrogen and oxygen atoms in total. The Kier molecular flexibility index (Phi) is 6.02. The summed E-state index contributed by atoms with van der Waals surface area (Å²) in [6.45, 7) is 6.04. The Morgan fingerprint density at radius 1 is 1.36 bits per heavy atom. The molecule has 1 aliphatic heterocycles. The number of carbonyl (C=O) groups excluding carboxylic acids is 1. The van der Waals surface area contributed by atoms with Gasteiger partial charge in [0, 0.05) is 38.8 Å².